The van der Waals surface area contributed by atoms with Gasteiger partial charge in [-0.05, 0) is 24.6 Å². The average Bonchev–Trinajstić information content (AvgIpc) is 3.03. The summed E-state index contributed by atoms with van der Waals surface area (Å²) in [6.45, 7) is 5.58. The van der Waals surface area contributed by atoms with E-state index in [-0.39, 0.29) is 5.91 Å². The van der Waals surface area contributed by atoms with Crippen molar-refractivity contribution >= 4 is 22.6 Å². The molecule has 26 heavy (non-hydrogen) atoms. The molecule has 0 bridgehead atoms. The van der Waals surface area contributed by atoms with Crippen LogP contribution in [0.25, 0.3) is 10.9 Å². The highest BCUT2D eigenvalue weighted by Crippen LogP contribution is 2.21. The van der Waals surface area contributed by atoms with E-state index in [9.17, 15) is 4.79 Å². The number of aromatic amines is 1. The molecule has 1 aliphatic heterocycles. The van der Waals surface area contributed by atoms with Gasteiger partial charge in [0, 0.05) is 42.4 Å². The highest BCUT2D eigenvalue weighted by molar-refractivity contribution is 6.08. The van der Waals surface area contributed by atoms with Crippen molar-refractivity contribution in [3.63, 3.8) is 0 Å². The fourth-order valence-electron chi connectivity index (χ4n) is 3.34. The number of nitrogens with zero attached hydrogens (tertiary/aromatic N) is 2. The number of fused-ring (bicyclic) bond motifs is 1. The molecule has 0 atom stereocenters. The van der Waals surface area contributed by atoms with Crippen molar-refractivity contribution in [2.24, 2.45) is 0 Å². The minimum absolute atomic E-state index is 0.0720. The van der Waals surface area contributed by atoms with Gasteiger partial charge in [0.25, 0.3) is 5.91 Å². The van der Waals surface area contributed by atoms with E-state index in [1.54, 1.807) is 0 Å². The number of aromatic nitrogens is 2. The normalized spacial score (nSPS) is 14.6. The summed E-state index contributed by atoms with van der Waals surface area (Å²) in [6.07, 6.45) is 1.83. The summed E-state index contributed by atoms with van der Waals surface area (Å²) < 4.78 is 5.37. The Balaban J connectivity index is 1.43. The van der Waals surface area contributed by atoms with Crippen molar-refractivity contribution in [3.05, 3.63) is 59.4 Å². The highest BCUT2D eigenvalue weighted by Gasteiger charge is 2.16. The number of nitrogens with one attached hydrogen (secondary N) is 2. The van der Waals surface area contributed by atoms with Gasteiger partial charge in [-0.2, -0.15) is 0 Å². The van der Waals surface area contributed by atoms with E-state index in [2.05, 4.69) is 20.2 Å². The van der Waals surface area contributed by atoms with Crippen LogP contribution in [-0.4, -0.2) is 42.2 Å². The van der Waals surface area contributed by atoms with E-state index < -0.39 is 0 Å². The Kier molecular flexibility index (Phi) is 4.58. The zero-order chi connectivity index (χ0) is 17.9. The number of hydrogen-bond acceptors (Lipinski definition) is 4. The number of carbonyl (C=O) groups is 1. The second kappa shape index (κ2) is 7.17. The maximum Gasteiger partial charge on any atom is 0.253 e. The van der Waals surface area contributed by atoms with Gasteiger partial charge in [-0.3, -0.25) is 4.79 Å². The predicted molar refractivity (Wildman–Crippen MR) is 101 cm³/mol. The first-order valence-corrected chi connectivity index (χ1v) is 8.85. The monoisotopic (exact) mass is 350 g/mol. The lowest BCUT2D eigenvalue weighted by atomic mass is 10.1. The van der Waals surface area contributed by atoms with E-state index >= 15 is 0 Å². The molecule has 0 aliphatic carbocycles. The maximum atomic E-state index is 12.7. The molecule has 3 aromatic rings. The predicted octanol–water partition coefficient (Wildman–Crippen LogP) is 2.64. The lowest BCUT2D eigenvalue weighted by Crippen LogP contribution is -2.36. The number of benzene rings is 1. The minimum atomic E-state index is -0.0720. The van der Waals surface area contributed by atoms with Crippen LogP contribution in [-0.2, 0) is 11.3 Å². The van der Waals surface area contributed by atoms with E-state index in [4.69, 9.17) is 4.74 Å². The van der Waals surface area contributed by atoms with E-state index in [1.807, 2.05) is 49.5 Å². The Bertz CT molecular complexity index is 911. The van der Waals surface area contributed by atoms with E-state index in [0.29, 0.717) is 12.1 Å². The summed E-state index contributed by atoms with van der Waals surface area (Å²) in [5, 5.41) is 3.95. The molecule has 0 saturated carbocycles. The Hall–Kier alpha value is -2.86. The van der Waals surface area contributed by atoms with Crippen molar-refractivity contribution in [1.82, 2.24) is 15.3 Å². The van der Waals surface area contributed by atoms with Crippen LogP contribution in [0.1, 0.15) is 21.6 Å². The number of morpholine rings is 1. The summed E-state index contributed by atoms with van der Waals surface area (Å²) in [4.78, 5) is 22.6. The molecule has 134 valence electrons. The van der Waals surface area contributed by atoms with E-state index in [1.165, 1.54) is 0 Å². The van der Waals surface area contributed by atoms with Gasteiger partial charge in [0.15, 0.2) is 0 Å². The van der Waals surface area contributed by atoms with Gasteiger partial charge < -0.3 is 19.9 Å². The SMILES string of the molecule is Cc1[nH]c2ccccc2c1C(=O)NCc1ccc(N2CCOCC2)nc1. The first-order valence-electron chi connectivity index (χ1n) is 8.85. The number of carbonyl (C=O) groups excluding carboxylic acids is 1. The number of H-pyrrole nitrogens is 1. The van der Waals surface area contributed by atoms with Crippen LogP contribution in [0.3, 0.4) is 0 Å². The van der Waals surface area contributed by atoms with E-state index in [0.717, 1.165) is 54.3 Å². The summed E-state index contributed by atoms with van der Waals surface area (Å²) in [5.41, 5.74) is 3.54. The Morgan fingerprint density at radius 1 is 1.23 bits per heavy atom. The molecule has 6 heteroatoms. The number of ether oxygens (including phenoxy) is 1. The number of pyridine rings is 1. The number of anilines is 1. The molecule has 4 rings (SSSR count). The fraction of sp³-hybridized carbons (Fsp3) is 0.300. The topological polar surface area (TPSA) is 70.2 Å². The fourth-order valence-corrected chi connectivity index (χ4v) is 3.34. The Morgan fingerprint density at radius 3 is 2.81 bits per heavy atom. The van der Waals surface area contributed by atoms with Crippen LogP contribution < -0.4 is 10.2 Å². The molecule has 1 fully saturated rings. The van der Waals surface area contributed by atoms with Crippen molar-refractivity contribution < 1.29 is 9.53 Å². The zero-order valence-electron chi connectivity index (χ0n) is 14.8. The van der Waals surface area contributed by atoms with Crippen molar-refractivity contribution in [3.8, 4) is 0 Å². The number of para-hydroxylation sites is 1. The minimum Gasteiger partial charge on any atom is -0.378 e. The maximum absolute atomic E-state index is 12.7. The van der Waals surface area contributed by atoms with Crippen LogP contribution in [0.2, 0.25) is 0 Å². The first kappa shape index (κ1) is 16.6. The third-order valence-electron chi connectivity index (χ3n) is 4.72. The number of rotatable bonds is 4. The van der Waals surface area contributed by atoms with Crippen LogP contribution >= 0.6 is 0 Å². The van der Waals surface area contributed by atoms with Crippen LogP contribution in [0.15, 0.2) is 42.6 Å². The standard InChI is InChI=1S/C20H22N4O2/c1-14-19(16-4-2-3-5-17(16)23-14)20(25)22-13-15-6-7-18(21-12-15)24-8-10-26-11-9-24/h2-7,12,23H,8-11,13H2,1H3,(H,22,25). The molecule has 6 nitrogen and oxygen atoms in total. The molecule has 0 radical (unpaired) electrons. The Labute approximate surface area is 152 Å². The number of aryl methyl sites for hydroxylation is 1. The van der Waals surface area contributed by atoms with Gasteiger partial charge in [0.05, 0.1) is 18.8 Å². The lowest BCUT2D eigenvalue weighted by molar-refractivity contribution is 0.0952. The summed E-state index contributed by atoms with van der Waals surface area (Å²) in [5.74, 6) is 0.882. The van der Waals surface area contributed by atoms with Gasteiger partial charge in [-0.25, -0.2) is 4.98 Å². The summed E-state index contributed by atoms with van der Waals surface area (Å²) >= 11 is 0. The largest absolute Gasteiger partial charge is 0.378 e. The molecule has 1 aliphatic rings. The molecule has 3 heterocycles. The van der Waals surface area contributed by atoms with Crippen molar-refractivity contribution in [1.29, 1.82) is 0 Å². The quantitative estimate of drug-likeness (QED) is 0.759. The average molecular weight is 350 g/mol. The summed E-state index contributed by atoms with van der Waals surface area (Å²) in [6, 6.07) is 11.9. The highest BCUT2D eigenvalue weighted by atomic mass is 16.5. The smallest absolute Gasteiger partial charge is 0.253 e. The molecule has 0 spiro atoms. The number of amides is 1. The molecule has 2 N–H and O–H groups in total. The van der Waals surface area contributed by atoms with Gasteiger partial charge in [-0.15, -0.1) is 0 Å². The van der Waals surface area contributed by atoms with Gasteiger partial charge >= 0.3 is 0 Å². The van der Waals surface area contributed by atoms with Crippen LogP contribution in [0.4, 0.5) is 5.82 Å². The van der Waals surface area contributed by atoms with Gasteiger partial charge in [0.1, 0.15) is 5.82 Å². The lowest BCUT2D eigenvalue weighted by Gasteiger charge is -2.27. The zero-order valence-corrected chi connectivity index (χ0v) is 14.8. The van der Waals surface area contributed by atoms with Gasteiger partial charge in [0.2, 0.25) is 0 Å². The molecule has 1 aromatic carbocycles. The first-order chi connectivity index (χ1) is 12.7. The van der Waals surface area contributed by atoms with Gasteiger partial charge in [-0.1, -0.05) is 24.3 Å². The third-order valence-corrected chi connectivity index (χ3v) is 4.72. The van der Waals surface area contributed by atoms with Crippen LogP contribution in [0.5, 0.6) is 0 Å². The molecule has 2 aromatic heterocycles. The van der Waals surface area contributed by atoms with Crippen LogP contribution in [0, 0.1) is 6.92 Å². The molecule has 1 amide bonds. The molecular formula is C20H22N4O2. The number of hydrogen-bond donors (Lipinski definition) is 2. The summed E-state index contributed by atoms with van der Waals surface area (Å²) in [7, 11) is 0. The second-order valence-electron chi connectivity index (χ2n) is 6.48. The molecule has 0 unspecified atom stereocenters. The Morgan fingerprint density at radius 2 is 2.04 bits per heavy atom. The molecule has 1 saturated heterocycles. The third kappa shape index (κ3) is 3.28. The van der Waals surface area contributed by atoms with Crippen molar-refractivity contribution in [2.75, 3.05) is 31.2 Å². The second-order valence-corrected chi connectivity index (χ2v) is 6.48. The molecular weight excluding hydrogens is 328 g/mol. The van der Waals surface area contributed by atoms with Crippen molar-refractivity contribution in [2.45, 2.75) is 13.5 Å².